The Kier molecular flexibility index (Phi) is 2.53. The molecule has 0 aliphatic heterocycles. The molecular formula is C8H11N3O. The maximum absolute atomic E-state index is 6.91. The van der Waals surface area contributed by atoms with Crippen LogP contribution in [-0.2, 0) is 0 Å². The Morgan fingerprint density at radius 2 is 1.92 bits per heavy atom. The summed E-state index contributed by atoms with van der Waals surface area (Å²) >= 11 is 0. The van der Waals surface area contributed by atoms with Crippen LogP contribution in [-0.4, -0.2) is 12.4 Å². The lowest BCUT2D eigenvalue weighted by Gasteiger charge is -2.03. The van der Waals surface area contributed by atoms with E-state index >= 15 is 0 Å². The van der Waals surface area contributed by atoms with Crippen molar-refractivity contribution in [2.75, 3.05) is 12.3 Å². The molecule has 0 unspecified atom stereocenters. The Hall–Kier alpha value is -1.71. The Morgan fingerprint density at radius 3 is 2.42 bits per heavy atom. The smallest absolute Gasteiger partial charge is 0.145 e. The van der Waals surface area contributed by atoms with Crippen LogP contribution in [0.4, 0.5) is 5.69 Å². The van der Waals surface area contributed by atoms with E-state index in [9.17, 15) is 0 Å². The molecule has 64 valence electrons. The predicted octanol–water partition coefficient (Wildman–Crippen LogP) is 0.584. The molecule has 0 aromatic heterocycles. The number of ether oxygens (including phenoxy) is 1. The van der Waals surface area contributed by atoms with Crippen LogP contribution in [0, 0.1) is 5.41 Å². The first kappa shape index (κ1) is 8.39. The summed E-state index contributed by atoms with van der Waals surface area (Å²) < 4.78 is 5.12. The summed E-state index contributed by atoms with van der Waals surface area (Å²) in [6.45, 7) is 0.115. The monoisotopic (exact) mass is 165 g/mol. The van der Waals surface area contributed by atoms with Gasteiger partial charge in [-0.05, 0) is 24.3 Å². The molecule has 0 amide bonds. The highest BCUT2D eigenvalue weighted by molar-refractivity contribution is 5.78. The third kappa shape index (κ3) is 2.49. The fourth-order valence-electron chi connectivity index (χ4n) is 0.725. The Morgan fingerprint density at radius 1 is 1.33 bits per heavy atom. The molecule has 12 heavy (non-hydrogen) atoms. The zero-order valence-corrected chi connectivity index (χ0v) is 6.58. The molecular weight excluding hydrogens is 154 g/mol. The van der Waals surface area contributed by atoms with Crippen molar-refractivity contribution in [1.82, 2.24) is 0 Å². The maximum atomic E-state index is 6.91. The topological polar surface area (TPSA) is 85.1 Å². The summed E-state index contributed by atoms with van der Waals surface area (Å²) in [5, 5.41) is 6.91. The van der Waals surface area contributed by atoms with E-state index in [1.807, 2.05) is 0 Å². The summed E-state index contributed by atoms with van der Waals surface area (Å²) in [4.78, 5) is 0. The first-order valence-corrected chi connectivity index (χ1v) is 3.50. The zero-order valence-electron chi connectivity index (χ0n) is 6.58. The van der Waals surface area contributed by atoms with E-state index < -0.39 is 0 Å². The van der Waals surface area contributed by atoms with E-state index in [-0.39, 0.29) is 12.4 Å². The van der Waals surface area contributed by atoms with Crippen molar-refractivity contribution in [2.45, 2.75) is 0 Å². The summed E-state index contributed by atoms with van der Waals surface area (Å²) in [6.07, 6.45) is 0. The van der Waals surface area contributed by atoms with Gasteiger partial charge in [0.05, 0.1) is 0 Å². The van der Waals surface area contributed by atoms with E-state index in [1.165, 1.54) is 0 Å². The lowest BCUT2D eigenvalue weighted by Crippen LogP contribution is -2.19. The SMILES string of the molecule is N=C(N)COc1ccc(N)cc1. The number of rotatable bonds is 3. The standard InChI is InChI=1S/C8H11N3O/c9-6-1-3-7(4-2-6)12-5-8(10)11/h1-4H,5,9H2,(H3,10,11). The fraction of sp³-hybridized carbons (Fsp3) is 0.125. The molecule has 0 bridgehead atoms. The number of amidine groups is 1. The maximum Gasteiger partial charge on any atom is 0.145 e. The van der Waals surface area contributed by atoms with Gasteiger partial charge in [0.2, 0.25) is 0 Å². The van der Waals surface area contributed by atoms with Gasteiger partial charge in [0.1, 0.15) is 18.2 Å². The average molecular weight is 165 g/mol. The first-order chi connectivity index (χ1) is 5.68. The molecule has 4 heteroatoms. The summed E-state index contributed by atoms with van der Waals surface area (Å²) in [7, 11) is 0. The van der Waals surface area contributed by atoms with E-state index in [1.54, 1.807) is 24.3 Å². The van der Waals surface area contributed by atoms with Crippen LogP contribution >= 0.6 is 0 Å². The van der Waals surface area contributed by atoms with Crippen LogP contribution in [0.3, 0.4) is 0 Å². The second kappa shape index (κ2) is 3.61. The molecule has 5 N–H and O–H groups in total. The van der Waals surface area contributed by atoms with Crippen molar-refractivity contribution < 1.29 is 4.74 Å². The Bertz CT molecular complexity index is 268. The van der Waals surface area contributed by atoms with Gasteiger partial charge < -0.3 is 16.2 Å². The van der Waals surface area contributed by atoms with Gasteiger partial charge in [-0.3, -0.25) is 5.41 Å². The minimum absolute atomic E-state index is 0.00632. The fourth-order valence-corrected chi connectivity index (χ4v) is 0.725. The van der Waals surface area contributed by atoms with Crippen LogP contribution in [0.5, 0.6) is 5.75 Å². The molecule has 0 radical (unpaired) electrons. The van der Waals surface area contributed by atoms with Crippen molar-refractivity contribution in [3.05, 3.63) is 24.3 Å². The summed E-state index contributed by atoms with van der Waals surface area (Å²) in [6, 6.07) is 6.93. The molecule has 4 nitrogen and oxygen atoms in total. The van der Waals surface area contributed by atoms with Crippen molar-refractivity contribution >= 4 is 11.5 Å². The lowest BCUT2D eigenvalue weighted by atomic mass is 10.3. The highest BCUT2D eigenvalue weighted by Gasteiger charge is 1.93. The van der Waals surface area contributed by atoms with Gasteiger partial charge in [-0.2, -0.15) is 0 Å². The molecule has 0 aliphatic carbocycles. The average Bonchev–Trinajstić information content (AvgIpc) is 2.03. The number of nitrogen functional groups attached to an aromatic ring is 1. The molecule has 0 heterocycles. The largest absolute Gasteiger partial charge is 0.486 e. The minimum Gasteiger partial charge on any atom is -0.486 e. The molecule has 0 aliphatic rings. The number of nitrogens with one attached hydrogen (secondary N) is 1. The third-order valence-corrected chi connectivity index (χ3v) is 1.27. The molecule has 0 saturated heterocycles. The minimum atomic E-state index is 0.00632. The summed E-state index contributed by atoms with van der Waals surface area (Å²) in [5.41, 5.74) is 11.2. The van der Waals surface area contributed by atoms with Crippen LogP contribution in [0.25, 0.3) is 0 Å². The molecule has 0 atom stereocenters. The Balaban J connectivity index is 2.53. The van der Waals surface area contributed by atoms with E-state index in [0.717, 1.165) is 0 Å². The van der Waals surface area contributed by atoms with Gasteiger partial charge in [-0.15, -0.1) is 0 Å². The van der Waals surface area contributed by atoms with Gasteiger partial charge >= 0.3 is 0 Å². The molecule has 0 fully saturated rings. The molecule has 0 spiro atoms. The van der Waals surface area contributed by atoms with E-state index in [0.29, 0.717) is 11.4 Å². The van der Waals surface area contributed by atoms with E-state index in [2.05, 4.69) is 0 Å². The van der Waals surface area contributed by atoms with Crippen molar-refractivity contribution in [2.24, 2.45) is 5.73 Å². The van der Waals surface area contributed by atoms with Crippen LogP contribution < -0.4 is 16.2 Å². The molecule has 0 saturated carbocycles. The van der Waals surface area contributed by atoms with Gasteiger partial charge in [0.25, 0.3) is 0 Å². The van der Waals surface area contributed by atoms with Crippen molar-refractivity contribution in [3.8, 4) is 5.75 Å². The highest BCUT2D eigenvalue weighted by Crippen LogP contribution is 2.12. The number of hydrogen-bond donors (Lipinski definition) is 3. The normalized spacial score (nSPS) is 9.33. The van der Waals surface area contributed by atoms with Crippen LogP contribution in [0.15, 0.2) is 24.3 Å². The summed E-state index contributed by atoms with van der Waals surface area (Å²) in [5.74, 6) is 0.672. The molecule has 1 rings (SSSR count). The third-order valence-electron chi connectivity index (χ3n) is 1.27. The number of nitrogens with two attached hydrogens (primary N) is 2. The number of anilines is 1. The van der Waals surface area contributed by atoms with Gasteiger partial charge in [0.15, 0.2) is 0 Å². The van der Waals surface area contributed by atoms with Crippen LogP contribution in [0.1, 0.15) is 0 Å². The first-order valence-electron chi connectivity index (χ1n) is 3.50. The zero-order chi connectivity index (χ0) is 8.97. The second-order valence-electron chi connectivity index (χ2n) is 2.38. The number of hydrogen-bond acceptors (Lipinski definition) is 3. The van der Waals surface area contributed by atoms with Gasteiger partial charge in [0, 0.05) is 5.69 Å². The van der Waals surface area contributed by atoms with Gasteiger partial charge in [-0.25, -0.2) is 0 Å². The van der Waals surface area contributed by atoms with E-state index in [4.69, 9.17) is 21.6 Å². The number of benzene rings is 1. The second-order valence-corrected chi connectivity index (χ2v) is 2.38. The highest BCUT2D eigenvalue weighted by atomic mass is 16.5. The Labute approximate surface area is 70.6 Å². The van der Waals surface area contributed by atoms with Crippen molar-refractivity contribution in [3.63, 3.8) is 0 Å². The van der Waals surface area contributed by atoms with Gasteiger partial charge in [-0.1, -0.05) is 0 Å². The molecule has 1 aromatic carbocycles. The lowest BCUT2D eigenvalue weighted by molar-refractivity contribution is 0.374. The predicted molar refractivity (Wildman–Crippen MR) is 48.3 cm³/mol. The van der Waals surface area contributed by atoms with Crippen LogP contribution in [0.2, 0.25) is 0 Å². The quantitative estimate of drug-likeness (QED) is 0.348. The molecule has 1 aromatic rings. The van der Waals surface area contributed by atoms with Crippen molar-refractivity contribution in [1.29, 1.82) is 5.41 Å².